The average Bonchev–Trinajstić information content (AvgIpc) is 2.51. The van der Waals surface area contributed by atoms with Crippen LogP contribution >= 0.6 is 0 Å². The molecule has 25 heavy (non-hydrogen) atoms. The van der Waals surface area contributed by atoms with E-state index in [1.807, 2.05) is 0 Å². The Hall–Kier alpha value is -1.56. The fourth-order valence-electron chi connectivity index (χ4n) is 3.58. The maximum absolute atomic E-state index is 2.31. The maximum atomic E-state index is 2.31. The minimum Gasteiger partial charge on any atom is -0.0654 e. The van der Waals surface area contributed by atoms with Gasteiger partial charge in [-0.25, -0.2) is 0 Å². The summed E-state index contributed by atoms with van der Waals surface area (Å²) in [6.07, 6.45) is 6.69. The largest absolute Gasteiger partial charge is 0.0654 e. The zero-order valence-corrected chi connectivity index (χ0v) is 17.8. The third-order valence-electron chi connectivity index (χ3n) is 5.19. The molecular formula is C25H38. The quantitative estimate of drug-likeness (QED) is 0.491. The van der Waals surface area contributed by atoms with Crippen LogP contribution in [0, 0.1) is 48.5 Å². The number of hydrogen-bond acceptors (Lipinski definition) is 0. The average molecular weight is 339 g/mol. The van der Waals surface area contributed by atoms with Gasteiger partial charge in [0.15, 0.2) is 0 Å². The summed E-state index contributed by atoms with van der Waals surface area (Å²) in [5, 5.41) is 0. The van der Waals surface area contributed by atoms with Gasteiger partial charge in [-0.2, -0.15) is 0 Å². The molecule has 0 bridgehead atoms. The van der Waals surface area contributed by atoms with Crippen LogP contribution in [-0.2, 0) is 6.42 Å². The lowest BCUT2D eigenvalue weighted by Crippen LogP contribution is -1.95. The van der Waals surface area contributed by atoms with Crippen molar-refractivity contribution in [3.8, 4) is 0 Å². The molecule has 0 radical (unpaired) electrons. The van der Waals surface area contributed by atoms with Gasteiger partial charge in [0.05, 0.1) is 0 Å². The van der Waals surface area contributed by atoms with E-state index >= 15 is 0 Å². The lowest BCUT2D eigenvalue weighted by molar-refractivity contribution is 0.664. The van der Waals surface area contributed by atoms with Crippen LogP contribution < -0.4 is 0 Å². The van der Waals surface area contributed by atoms with Gasteiger partial charge in [-0.15, -0.1) is 0 Å². The molecule has 0 spiro atoms. The van der Waals surface area contributed by atoms with E-state index in [-0.39, 0.29) is 0 Å². The number of aryl methyl sites for hydroxylation is 6. The van der Waals surface area contributed by atoms with Crippen molar-refractivity contribution in [2.75, 3.05) is 0 Å². The van der Waals surface area contributed by atoms with Crippen LogP contribution in [0.2, 0.25) is 0 Å². The topological polar surface area (TPSA) is 0 Å². The first-order chi connectivity index (χ1) is 11.8. The smallest absolute Gasteiger partial charge is 0.0274 e. The zero-order valence-electron chi connectivity index (χ0n) is 17.8. The van der Waals surface area contributed by atoms with Gasteiger partial charge < -0.3 is 0 Å². The summed E-state index contributed by atoms with van der Waals surface area (Å²) in [7, 11) is 0. The van der Waals surface area contributed by atoms with Crippen LogP contribution in [0.25, 0.3) is 0 Å². The SMILES string of the molecule is CCCCCCc1c(C)cc(C)cc1C.Cc1cc(C)c(C)c(C)c1. The van der Waals surface area contributed by atoms with E-state index in [0.29, 0.717) is 0 Å². The number of hydrogen-bond donors (Lipinski definition) is 0. The molecule has 0 heterocycles. The molecule has 0 saturated heterocycles. The predicted octanol–water partition coefficient (Wildman–Crippen LogP) is 7.65. The molecule has 0 fully saturated rings. The fraction of sp³-hybridized carbons (Fsp3) is 0.520. The highest BCUT2D eigenvalue weighted by atomic mass is 14.1. The van der Waals surface area contributed by atoms with Crippen molar-refractivity contribution < 1.29 is 0 Å². The summed E-state index contributed by atoms with van der Waals surface area (Å²) in [5.41, 5.74) is 11.5. The Labute approximate surface area is 156 Å². The first-order valence-electron chi connectivity index (χ1n) is 9.87. The molecule has 2 rings (SSSR count). The van der Waals surface area contributed by atoms with E-state index in [9.17, 15) is 0 Å². The van der Waals surface area contributed by atoms with Gasteiger partial charge >= 0.3 is 0 Å². The van der Waals surface area contributed by atoms with Crippen LogP contribution in [0.3, 0.4) is 0 Å². The lowest BCUT2D eigenvalue weighted by atomic mass is 9.95. The molecule has 0 heteroatoms. The van der Waals surface area contributed by atoms with E-state index in [1.165, 1.54) is 71.0 Å². The Bertz CT molecular complexity index is 630. The van der Waals surface area contributed by atoms with Crippen LogP contribution in [0.4, 0.5) is 0 Å². The first-order valence-corrected chi connectivity index (χ1v) is 9.87. The van der Waals surface area contributed by atoms with Crippen molar-refractivity contribution in [1.29, 1.82) is 0 Å². The van der Waals surface area contributed by atoms with Crippen LogP contribution in [-0.4, -0.2) is 0 Å². The highest BCUT2D eigenvalue weighted by molar-refractivity contribution is 5.37. The normalized spacial score (nSPS) is 10.4. The molecule has 0 nitrogen and oxygen atoms in total. The van der Waals surface area contributed by atoms with Gasteiger partial charge in [0.1, 0.15) is 0 Å². The first kappa shape index (κ1) is 21.5. The lowest BCUT2D eigenvalue weighted by Gasteiger charge is -2.11. The van der Waals surface area contributed by atoms with Crippen molar-refractivity contribution >= 4 is 0 Å². The minimum absolute atomic E-state index is 1.26. The fourth-order valence-corrected chi connectivity index (χ4v) is 3.58. The van der Waals surface area contributed by atoms with Crippen molar-refractivity contribution in [2.45, 2.75) is 87.5 Å². The Kier molecular flexibility index (Phi) is 8.97. The Morgan fingerprint density at radius 2 is 1.00 bits per heavy atom. The zero-order chi connectivity index (χ0) is 19.0. The van der Waals surface area contributed by atoms with Gasteiger partial charge in [0.2, 0.25) is 0 Å². The van der Waals surface area contributed by atoms with E-state index in [4.69, 9.17) is 0 Å². The van der Waals surface area contributed by atoms with Gasteiger partial charge in [-0.05, 0) is 94.7 Å². The molecule has 2 aromatic rings. The van der Waals surface area contributed by atoms with Gasteiger partial charge in [0, 0.05) is 0 Å². The summed E-state index contributed by atoms with van der Waals surface area (Å²) in [4.78, 5) is 0. The van der Waals surface area contributed by atoms with Crippen molar-refractivity contribution in [2.24, 2.45) is 0 Å². The van der Waals surface area contributed by atoms with E-state index in [2.05, 4.69) is 79.7 Å². The van der Waals surface area contributed by atoms with Gasteiger partial charge in [0.25, 0.3) is 0 Å². The third-order valence-corrected chi connectivity index (χ3v) is 5.19. The minimum atomic E-state index is 1.26. The van der Waals surface area contributed by atoms with Crippen molar-refractivity contribution in [3.05, 3.63) is 68.8 Å². The summed E-state index contributed by atoms with van der Waals surface area (Å²) in [5.74, 6) is 0. The molecule has 0 saturated carbocycles. The summed E-state index contributed by atoms with van der Waals surface area (Å²) in [6.45, 7) is 17.6. The second kappa shape index (κ2) is 10.4. The van der Waals surface area contributed by atoms with Gasteiger partial charge in [-0.1, -0.05) is 61.6 Å². The van der Waals surface area contributed by atoms with E-state index in [1.54, 1.807) is 5.56 Å². The molecule has 0 aliphatic carbocycles. The molecule has 0 aromatic heterocycles. The summed E-state index contributed by atoms with van der Waals surface area (Å²) in [6, 6.07) is 9.06. The highest BCUT2D eigenvalue weighted by Gasteiger charge is 2.03. The number of rotatable bonds is 5. The molecule has 0 aliphatic rings. The maximum Gasteiger partial charge on any atom is -0.0274 e. The Morgan fingerprint density at radius 1 is 0.560 bits per heavy atom. The molecule has 2 aromatic carbocycles. The van der Waals surface area contributed by atoms with Crippen molar-refractivity contribution in [1.82, 2.24) is 0 Å². The summed E-state index contributed by atoms with van der Waals surface area (Å²) >= 11 is 0. The van der Waals surface area contributed by atoms with Crippen LogP contribution in [0.1, 0.15) is 77.1 Å². The number of benzene rings is 2. The molecule has 0 unspecified atom stereocenters. The molecule has 0 aliphatic heterocycles. The van der Waals surface area contributed by atoms with Gasteiger partial charge in [-0.3, -0.25) is 0 Å². The Morgan fingerprint density at radius 3 is 1.44 bits per heavy atom. The Balaban J connectivity index is 0.000000271. The second-order valence-corrected chi connectivity index (χ2v) is 7.71. The highest BCUT2D eigenvalue weighted by Crippen LogP contribution is 2.19. The van der Waals surface area contributed by atoms with Crippen LogP contribution in [0.15, 0.2) is 24.3 Å². The van der Waals surface area contributed by atoms with Crippen molar-refractivity contribution in [3.63, 3.8) is 0 Å². The van der Waals surface area contributed by atoms with E-state index < -0.39 is 0 Å². The summed E-state index contributed by atoms with van der Waals surface area (Å²) < 4.78 is 0. The molecule has 0 atom stereocenters. The van der Waals surface area contributed by atoms with E-state index in [0.717, 1.165) is 0 Å². The molecular weight excluding hydrogens is 300 g/mol. The molecule has 0 amide bonds. The second-order valence-electron chi connectivity index (χ2n) is 7.71. The monoisotopic (exact) mass is 338 g/mol. The molecule has 138 valence electrons. The van der Waals surface area contributed by atoms with Crippen LogP contribution in [0.5, 0.6) is 0 Å². The predicted molar refractivity (Wildman–Crippen MR) is 114 cm³/mol. The third kappa shape index (κ3) is 7.06. The standard InChI is InChI=1S/C15H24.C10H14/c1-5-6-7-8-9-15-13(3)10-12(2)11-14(15)4;1-7-5-8(2)10(4)9(3)6-7/h10-11H,5-9H2,1-4H3;5-6H,1-4H3. The molecule has 0 N–H and O–H groups in total. The number of unbranched alkanes of at least 4 members (excludes halogenated alkanes) is 3.